The number of ether oxygens (including phenoxy) is 1. The largest absolute Gasteiger partial charge is 0.494 e. The van der Waals surface area contributed by atoms with Crippen molar-refractivity contribution in [2.45, 2.75) is 44.6 Å². The molecule has 2 rings (SSSR count). The highest BCUT2D eigenvalue weighted by Crippen LogP contribution is 2.29. The first-order valence-electron chi connectivity index (χ1n) is 7.68. The van der Waals surface area contributed by atoms with Crippen LogP contribution < -0.4 is 4.74 Å². The summed E-state index contributed by atoms with van der Waals surface area (Å²) in [5.74, 6) is 0.946. The second kappa shape index (κ2) is 7.09. The maximum Gasteiger partial charge on any atom is 0.119 e. The summed E-state index contributed by atoms with van der Waals surface area (Å²) in [7, 11) is 2.09. The van der Waals surface area contributed by atoms with E-state index in [1.165, 1.54) is 18.4 Å². The molecule has 1 aliphatic carbocycles. The summed E-state index contributed by atoms with van der Waals surface area (Å²) in [6.07, 6.45) is 5.23. The first-order valence-corrected chi connectivity index (χ1v) is 7.68. The van der Waals surface area contributed by atoms with Gasteiger partial charge >= 0.3 is 0 Å². The van der Waals surface area contributed by atoms with Crippen molar-refractivity contribution in [2.75, 3.05) is 26.7 Å². The summed E-state index contributed by atoms with van der Waals surface area (Å²) < 4.78 is 5.74. The third-order valence-electron chi connectivity index (χ3n) is 4.04. The SMILES string of the molecule is Cc1cccc(OCCCN(C)CC2(O)CCCC2)c1. The topological polar surface area (TPSA) is 32.7 Å². The van der Waals surface area contributed by atoms with Crippen LogP contribution in [-0.2, 0) is 0 Å². The van der Waals surface area contributed by atoms with Crippen LogP contribution in [0.25, 0.3) is 0 Å². The van der Waals surface area contributed by atoms with E-state index in [0.717, 1.165) is 44.7 Å². The van der Waals surface area contributed by atoms with Gasteiger partial charge in [-0.3, -0.25) is 0 Å². The van der Waals surface area contributed by atoms with Crippen molar-refractivity contribution < 1.29 is 9.84 Å². The Morgan fingerprint density at radius 1 is 1.30 bits per heavy atom. The minimum absolute atomic E-state index is 0.438. The third-order valence-corrected chi connectivity index (χ3v) is 4.04. The second-order valence-corrected chi connectivity index (χ2v) is 6.19. The quantitative estimate of drug-likeness (QED) is 0.778. The third kappa shape index (κ3) is 4.80. The van der Waals surface area contributed by atoms with E-state index in [1.54, 1.807) is 0 Å². The van der Waals surface area contributed by atoms with E-state index in [-0.39, 0.29) is 0 Å². The fraction of sp³-hybridized carbons (Fsp3) is 0.647. The zero-order chi connectivity index (χ0) is 14.4. The molecule has 1 N–H and O–H groups in total. The molecule has 0 bridgehead atoms. The Kier molecular flexibility index (Phi) is 5.44. The number of likely N-dealkylation sites (N-methyl/N-ethyl adjacent to an activating group) is 1. The summed E-state index contributed by atoms with van der Waals surface area (Å²) in [6, 6.07) is 8.15. The van der Waals surface area contributed by atoms with E-state index < -0.39 is 5.60 Å². The van der Waals surface area contributed by atoms with Crippen LogP contribution in [0.3, 0.4) is 0 Å². The fourth-order valence-electron chi connectivity index (χ4n) is 3.00. The molecule has 3 nitrogen and oxygen atoms in total. The molecular formula is C17H27NO2. The van der Waals surface area contributed by atoms with Gasteiger partial charge in [0.25, 0.3) is 0 Å². The Morgan fingerprint density at radius 3 is 2.75 bits per heavy atom. The molecule has 1 aromatic carbocycles. The van der Waals surface area contributed by atoms with Gasteiger partial charge in [-0.25, -0.2) is 0 Å². The van der Waals surface area contributed by atoms with Crippen molar-refractivity contribution in [2.24, 2.45) is 0 Å². The molecule has 0 atom stereocenters. The summed E-state index contributed by atoms with van der Waals surface area (Å²) in [6.45, 7) is 4.56. The van der Waals surface area contributed by atoms with Gasteiger partial charge in [-0.05, 0) is 50.9 Å². The second-order valence-electron chi connectivity index (χ2n) is 6.19. The lowest BCUT2D eigenvalue weighted by atomic mass is 10.0. The molecule has 112 valence electrons. The van der Waals surface area contributed by atoms with E-state index >= 15 is 0 Å². The van der Waals surface area contributed by atoms with Gasteiger partial charge in [0.1, 0.15) is 5.75 Å². The zero-order valence-corrected chi connectivity index (χ0v) is 12.8. The van der Waals surface area contributed by atoms with E-state index in [1.807, 2.05) is 12.1 Å². The molecule has 1 aliphatic rings. The van der Waals surface area contributed by atoms with Crippen molar-refractivity contribution in [3.05, 3.63) is 29.8 Å². The lowest BCUT2D eigenvalue weighted by Gasteiger charge is -2.28. The number of hydrogen-bond acceptors (Lipinski definition) is 3. The number of nitrogens with zero attached hydrogens (tertiary/aromatic N) is 1. The minimum Gasteiger partial charge on any atom is -0.494 e. The van der Waals surface area contributed by atoms with Crippen molar-refractivity contribution in [3.8, 4) is 5.75 Å². The number of aliphatic hydroxyl groups is 1. The minimum atomic E-state index is -0.438. The Hall–Kier alpha value is -1.06. The molecule has 1 aromatic rings. The molecule has 0 aromatic heterocycles. The molecule has 20 heavy (non-hydrogen) atoms. The van der Waals surface area contributed by atoms with E-state index in [9.17, 15) is 5.11 Å². The maximum absolute atomic E-state index is 10.4. The van der Waals surface area contributed by atoms with Crippen LogP contribution in [-0.4, -0.2) is 42.4 Å². The average Bonchev–Trinajstić information content (AvgIpc) is 2.81. The van der Waals surface area contributed by atoms with E-state index in [2.05, 4.69) is 31.0 Å². The molecular weight excluding hydrogens is 250 g/mol. The average molecular weight is 277 g/mol. The molecule has 1 fully saturated rings. The van der Waals surface area contributed by atoms with Crippen LogP contribution in [0, 0.1) is 6.92 Å². The van der Waals surface area contributed by atoms with E-state index in [4.69, 9.17) is 4.74 Å². The fourth-order valence-corrected chi connectivity index (χ4v) is 3.00. The van der Waals surface area contributed by atoms with Crippen molar-refractivity contribution in [1.82, 2.24) is 4.90 Å². The lowest BCUT2D eigenvalue weighted by molar-refractivity contribution is 0.0155. The summed E-state index contributed by atoms with van der Waals surface area (Å²) >= 11 is 0. The number of rotatable bonds is 7. The highest BCUT2D eigenvalue weighted by Gasteiger charge is 2.31. The van der Waals surface area contributed by atoms with Crippen molar-refractivity contribution in [3.63, 3.8) is 0 Å². The Morgan fingerprint density at radius 2 is 2.05 bits per heavy atom. The molecule has 0 radical (unpaired) electrons. The van der Waals surface area contributed by atoms with Crippen LogP contribution in [0.5, 0.6) is 5.75 Å². The molecule has 0 saturated heterocycles. The molecule has 0 amide bonds. The Balaban J connectivity index is 1.63. The number of benzene rings is 1. The van der Waals surface area contributed by atoms with Gasteiger partial charge < -0.3 is 14.7 Å². The molecule has 3 heteroatoms. The molecule has 0 aliphatic heterocycles. The zero-order valence-electron chi connectivity index (χ0n) is 12.8. The van der Waals surface area contributed by atoms with Crippen molar-refractivity contribution in [1.29, 1.82) is 0 Å². The monoisotopic (exact) mass is 277 g/mol. The lowest BCUT2D eigenvalue weighted by Crippen LogP contribution is -2.39. The van der Waals surface area contributed by atoms with Gasteiger partial charge in [0.15, 0.2) is 0 Å². The van der Waals surface area contributed by atoms with Gasteiger partial charge in [0.05, 0.1) is 12.2 Å². The van der Waals surface area contributed by atoms with Gasteiger partial charge in [-0.15, -0.1) is 0 Å². The molecule has 0 spiro atoms. The van der Waals surface area contributed by atoms with Gasteiger partial charge in [-0.1, -0.05) is 25.0 Å². The Labute approximate surface area is 122 Å². The van der Waals surface area contributed by atoms with E-state index in [0.29, 0.717) is 0 Å². The first kappa shape index (κ1) is 15.3. The highest BCUT2D eigenvalue weighted by molar-refractivity contribution is 5.27. The molecule has 0 heterocycles. The summed E-state index contributed by atoms with van der Waals surface area (Å²) in [4.78, 5) is 2.23. The standard InChI is InChI=1S/C17H27NO2/c1-15-7-5-8-16(13-15)20-12-6-11-18(2)14-17(19)9-3-4-10-17/h5,7-8,13,19H,3-4,6,9-12,14H2,1-2H3. The number of hydrogen-bond donors (Lipinski definition) is 1. The smallest absolute Gasteiger partial charge is 0.119 e. The molecule has 0 unspecified atom stereocenters. The Bertz CT molecular complexity index is 413. The van der Waals surface area contributed by atoms with Crippen LogP contribution in [0.15, 0.2) is 24.3 Å². The number of aryl methyl sites for hydroxylation is 1. The van der Waals surface area contributed by atoms with Crippen LogP contribution in [0.2, 0.25) is 0 Å². The van der Waals surface area contributed by atoms with Crippen molar-refractivity contribution >= 4 is 0 Å². The normalized spacial score (nSPS) is 17.6. The van der Waals surface area contributed by atoms with Gasteiger partial charge in [0.2, 0.25) is 0 Å². The molecule has 1 saturated carbocycles. The van der Waals surface area contributed by atoms with Gasteiger partial charge in [-0.2, -0.15) is 0 Å². The maximum atomic E-state index is 10.4. The predicted octanol–water partition coefficient (Wildman–Crippen LogP) is 3.00. The summed E-state index contributed by atoms with van der Waals surface area (Å²) in [5.41, 5.74) is 0.787. The van der Waals surface area contributed by atoms with Crippen LogP contribution >= 0.6 is 0 Å². The predicted molar refractivity (Wildman–Crippen MR) is 82.2 cm³/mol. The highest BCUT2D eigenvalue weighted by atomic mass is 16.5. The van der Waals surface area contributed by atoms with Crippen LogP contribution in [0.4, 0.5) is 0 Å². The first-order chi connectivity index (χ1) is 9.57. The summed E-state index contributed by atoms with van der Waals surface area (Å²) in [5, 5.41) is 10.4. The van der Waals surface area contributed by atoms with Crippen LogP contribution in [0.1, 0.15) is 37.7 Å². The van der Waals surface area contributed by atoms with Gasteiger partial charge in [0, 0.05) is 13.1 Å².